The lowest BCUT2D eigenvalue weighted by atomic mass is 10.1. The number of hydrogen-bond acceptors (Lipinski definition) is 4. The summed E-state index contributed by atoms with van der Waals surface area (Å²) in [6.07, 6.45) is 0. The maximum absolute atomic E-state index is 13.4. The summed E-state index contributed by atoms with van der Waals surface area (Å²) in [5.74, 6) is 0.679. The van der Waals surface area contributed by atoms with Crippen LogP contribution in [0.1, 0.15) is 5.56 Å². The Kier molecular flexibility index (Phi) is 4.43. The number of hydrogen-bond donors (Lipinski definition) is 2. The minimum absolute atomic E-state index is 0.300. The van der Waals surface area contributed by atoms with Crippen molar-refractivity contribution in [1.82, 2.24) is 0 Å². The van der Waals surface area contributed by atoms with Crippen molar-refractivity contribution in [3.63, 3.8) is 0 Å². The zero-order valence-corrected chi connectivity index (χ0v) is 12.7. The Morgan fingerprint density at radius 2 is 1.71 bits per heavy atom. The second-order valence-corrected chi connectivity index (χ2v) is 4.91. The van der Waals surface area contributed by atoms with Gasteiger partial charge in [-0.3, -0.25) is 0 Å². The van der Waals surface area contributed by atoms with Crippen LogP contribution in [0.5, 0.6) is 11.5 Å². The highest BCUT2D eigenvalue weighted by molar-refractivity contribution is 6.32. The van der Waals surface area contributed by atoms with Gasteiger partial charge in [-0.05, 0) is 24.6 Å². The Labute approximate surface area is 127 Å². The number of halogens is 2. The molecule has 2 aromatic carbocycles. The molecule has 3 N–H and O–H groups in total. The third kappa shape index (κ3) is 3.13. The molecule has 0 aliphatic carbocycles. The summed E-state index contributed by atoms with van der Waals surface area (Å²) in [4.78, 5) is 0. The maximum atomic E-state index is 13.4. The van der Waals surface area contributed by atoms with E-state index in [4.69, 9.17) is 26.8 Å². The first-order valence-corrected chi connectivity index (χ1v) is 6.58. The van der Waals surface area contributed by atoms with E-state index in [9.17, 15) is 4.39 Å². The number of anilines is 3. The van der Waals surface area contributed by atoms with Gasteiger partial charge in [-0.25, -0.2) is 4.39 Å². The number of ether oxygens (including phenoxy) is 2. The second-order valence-electron chi connectivity index (χ2n) is 4.50. The van der Waals surface area contributed by atoms with Crippen LogP contribution in [0.4, 0.5) is 21.5 Å². The van der Waals surface area contributed by atoms with Crippen LogP contribution in [0.25, 0.3) is 0 Å². The van der Waals surface area contributed by atoms with Gasteiger partial charge in [0.05, 0.1) is 36.3 Å². The molecule has 6 heteroatoms. The third-order valence-electron chi connectivity index (χ3n) is 3.07. The molecule has 0 aliphatic rings. The van der Waals surface area contributed by atoms with Gasteiger partial charge in [0, 0.05) is 12.1 Å². The number of benzene rings is 2. The van der Waals surface area contributed by atoms with Gasteiger partial charge in [-0.2, -0.15) is 0 Å². The smallest absolute Gasteiger partial charge is 0.144 e. The molecule has 2 aromatic rings. The standard InChI is InChI=1S/C15H16ClFN2O2/c1-8-4-12(11(18)6-10(8)17)19-13-7-14(20-2)9(16)5-15(13)21-3/h4-7,19H,18H2,1-3H3. The molecule has 0 aromatic heterocycles. The zero-order chi connectivity index (χ0) is 15.6. The number of aryl methyl sites for hydroxylation is 1. The van der Waals surface area contributed by atoms with Gasteiger partial charge in [0.15, 0.2) is 0 Å². The van der Waals surface area contributed by atoms with Gasteiger partial charge in [0.2, 0.25) is 0 Å². The third-order valence-corrected chi connectivity index (χ3v) is 3.37. The molecular formula is C15H16ClFN2O2. The second kappa shape index (κ2) is 6.10. The summed E-state index contributed by atoms with van der Waals surface area (Å²) in [5, 5.41) is 3.54. The highest BCUT2D eigenvalue weighted by Crippen LogP contribution is 2.38. The fourth-order valence-corrected chi connectivity index (χ4v) is 2.14. The number of nitrogens with one attached hydrogen (secondary N) is 1. The largest absolute Gasteiger partial charge is 0.495 e. The van der Waals surface area contributed by atoms with Crippen LogP contribution in [0.3, 0.4) is 0 Å². The van der Waals surface area contributed by atoms with E-state index in [1.807, 2.05) is 0 Å². The SMILES string of the molecule is COc1cc(Nc2cc(C)c(F)cc2N)c(OC)cc1Cl. The monoisotopic (exact) mass is 310 g/mol. The molecular weight excluding hydrogens is 295 g/mol. The van der Waals surface area contributed by atoms with Crippen molar-refractivity contribution in [3.05, 3.63) is 40.7 Å². The van der Waals surface area contributed by atoms with E-state index >= 15 is 0 Å². The van der Waals surface area contributed by atoms with Crippen LogP contribution < -0.4 is 20.5 Å². The highest BCUT2D eigenvalue weighted by atomic mass is 35.5. The minimum Gasteiger partial charge on any atom is -0.495 e. The van der Waals surface area contributed by atoms with Gasteiger partial charge in [0.1, 0.15) is 17.3 Å². The van der Waals surface area contributed by atoms with Crippen LogP contribution in [0.2, 0.25) is 5.02 Å². The molecule has 0 atom stereocenters. The van der Waals surface area contributed by atoms with Crippen LogP contribution in [0.15, 0.2) is 24.3 Å². The lowest BCUT2D eigenvalue weighted by Crippen LogP contribution is -2.01. The quantitative estimate of drug-likeness (QED) is 0.834. The summed E-state index contributed by atoms with van der Waals surface area (Å²) in [6.45, 7) is 1.67. The molecule has 0 fully saturated rings. The van der Waals surface area contributed by atoms with Gasteiger partial charge < -0.3 is 20.5 Å². The molecule has 0 unspecified atom stereocenters. The Morgan fingerprint density at radius 3 is 2.33 bits per heavy atom. The first-order chi connectivity index (χ1) is 9.96. The van der Waals surface area contributed by atoms with Crippen LogP contribution in [-0.4, -0.2) is 14.2 Å². The van der Waals surface area contributed by atoms with Gasteiger partial charge >= 0.3 is 0 Å². The topological polar surface area (TPSA) is 56.5 Å². The predicted octanol–water partition coefficient (Wildman–Crippen LogP) is 4.13. The zero-order valence-electron chi connectivity index (χ0n) is 12.0. The molecule has 112 valence electrons. The number of rotatable bonds is 4. The van der Waals surface area contributed by atoms with Crippen molar-refractivity contribution in [2.75, 3.05) is 25.3 Å². The van der Waals surface area contributed by atoms with E-state index in [0.717, 1.165) is 0 Å². The van der Waals surface area contributed by atoms with Crippen molar-refractivity contribution >= 4 is 28.7 Å². The molecule has 0 amide bonds. The van der Waals surface area contributed by atoms with Crippen molar-refractivity contribution < 1.29 is 13.9 Å². The minimum atomic E-state index is -0.348. The fraction of sp³-hybridized carbons (Fsp3) is 0.200. The molecule has 21 heavy (non-hydrogen) atoms. The Bertz CT molecular complexity index is 677. The normalized spacial score (nSPS) is 10.3. The van der Waals surface area contributed by atoms with Crippen molar-refractivity contribution in [3.8, 4) is 11.5 Å². The molecule has 0 saturated carbocycles. The lowest BCUT2D eigenvalue weighted by molar-refractivity contribution is 0.405. The molecule has 0 bridgehead atoms. The van der Waals surface area contributed by atoms with E-state index < -0.39 is 0 Å². The Hall–Kier alpha value is -2.14. The number of nitrogen functional groups attached to an aromatic ring is 1. The molecule has 4 nitrogen and oxygen atoms in total. The molecule has 0 heterocycles. The Balaban J connectivity index is 2.45. The summed E-state index contributed by atoms with van der Waals surface area (Å²) >= 11 is 6.05. The average molecular weight is 311 g/mol. The summed E-state index contributed by atoms with van der Waals surface area (Å²) in [7, 11) is 3.05. The van der Waals surface area contributed by atoms with Crippen molar-refractivity contribution in [2.24, 2.45) is 0 Å². The lowest BCUT2D eigenvalue weighted by Gasteiger charge is -2.15. The first kappa shape index (κ1) is 15.3. The van der Waals surface area contributed by atoms with E-state index in [0.29, 0.717) is 39.1 Å². The first-order valence-electron chi connectivity index (χ1n) is 6.20. The maximum Gasteiger partial charge on any atom is 0.144 e. The Morgan fingerprint density at radius 1 is 1.05 bits per heavy atom. The average Bonchev–Trinajstić information content (AvgIpc) is 2.45. The number of methoxy groups -OCH3 is 2. The van der Waals surface area contributed by atoms with Crippen molar-refractivity contribution in [1.29, 1.82) is 0 Å². The molecule has 0 aliphatic heterocycles. The van der Waals surface area contributed by atoms with Gasteiger partial charge in [-0.15, -0.1) is 0 Å². The van der Waals surface area contributed by atoms with Crippen LogP contribution >= 0.6 is 11.6 Å². The van der Waals surface area contributed by atoms with Crippen LogP contribution in [-0.2, 0) is 0 Å². The fourth-order valence-electron chi connectivity index (χ4n) is 1.91. The van der Waals surface area contributed by atoms with Gasteiger partial charge in [-0.1, -0.05) is 11.6 Å². The van der Waals surface area contributed by atoms with Crippen molar-refractivity contribution in [2.45, 2.75) is 6.92 Å². The molecule has 0 radical (unpaired) electrons. The van der Waals surface area contributed by atoms with E-state index in [1.54, 1.807) is 25.1 Å². The van der Waals surface area contributed by atoms with E-state index in [-0.39, 0.29) is 5.82 Å². The van der Waals surface area contributed by atoms with E-state index in [1.165, 1.54) is 20.3 Å². The molecule has 2 rings (SSSR count). The molecule has 0 spiro atoms. The predicted molar refractivity (Wildman–Crippen MR) is 83.4 cm³/mol. The summed E-state index contributed by atoms with van der Waals surface area (Å²) in [6, 6.07) is 6.23. The van der Waals surface area contributed by atoms with E-state index in [2.05, 4.69) is 5.32 Å². The summed E-state index contributed by atoms with van der Waals surface area (Å²) in [5.41, 5.74) is 7.82. The van der Waals surface area contributed by atoms with Crippen LogP contribution in [0, 0.1) is 12.7 Å². The van der Waals surface area contributed by atoms with Gasteiger partial charge in [0.25, 0.3) is 0 Å². The highest BCUT2D eigenvalue weighted by Gasteiger charge is 2.12. The summed E-state index contributed by atoms with van der Waals surface area (Å²) < 4.78 is 23.9. The molecule has 0 saturated heterocycles. The number of nitrogens with two attached hydrogens (primary N) is 1.